The van der Waals surface area contributed by atoms with E-state index in [-0.39, 0.29) is 24.9 Å². The van der Waals surface area contributed by atoms with E-state index in [0.29, 0.717) is 0 Å². The third kappa shape index (κ3) is 3.71. The molecule has 3 rings (SSSR count). The number of aliphatic hydroxyl groups excluding tert-OH is 1. The van der Waals surface area contributed by atoms with E-state index in [1.54, 1.807) is 11.3 Å². The van der Waals surface area contributed by atoms with Gasteiger partial charge in [-0.05, 0) is 25.0 Å². The first-order valence-corrected chi connectivity index (χ1v) is 9.23. The maximum atomic E-state index is 12.5. The largest absolute Gasteiger partial charge is 0.465 e. The Morgan fingerprint density at radius 3 is 2.62 bits per heavy atom. The van der Waals surface area contributed by atoms with Crippen molar-refractivity contribution < 1.29 is 19.8 Å². The summed E-state index contributed by atoms with van der Waals surface area (Å²) >= 11 is 1.58. The summed E-state index contributed by atoms with van der Waals surface area (Å²) in [5.41, 5.74) is 4.79. The van der Waals surface area contributed by atoms with Crippen LogP contribution in [0.2, 0.25) is 0 Å². The average molecular weight is 375 g/mol. The van der Waals surface area contributed by atoms with E-state index in [2.05, 4.69) is 10.3 Å². The highest BCUT2D eigenvalue weighted by Crippen LogP contribution is 2.28. The van der Waals surface area contributed by atoms with Crippen LogP contribution in [0.3, 0.4) is 0 Å². The van der Waals surface area contributed by atoms with Crippen molar-refractivity contribution in [2.45, 2.75) is 38.5 Å². The van der Waals surface area contributed by atoms with Crippen molar-refractivity contribution in [1.29, 1.82) is 0 Å². The Morgan fingerprint density at radius 1 is 1.35 bits per heavy atom. The van der Waals surface area contributed by atoms with E-state index < -0.39 is 18.2 Å². The number of hydrogen-bond acceptors (Lipinski definition) is 5. The zero-order valence-electron chi connectivity index (χ0n) is 14.5. The smallest absolute Gasteiger partial charge is 0.408 e. The second kappa shape index (κ2) is 7.43. The number of amides is 2. The lowest BCUT2D eigenvalue weighted by molar-refractivity contribution is -0.125. The molecule has 0 spiro atoms. The monoisotopic (exact) mass is 375 g/mol. The van der Waals surface area contributed by atoms with Gasteiger partial charge < -0.3 is 15.5 Å². The van der Waals surface area contributed by atoms with Gasteiger partial charge in [-0.1, -0.05) is 24.3 Å². The molecule has 8 heteroatoms. The number of aliphatic hydroxyl groups is 1. The van der Waals surface area contributed by atoms with Gasteiger partial charge in [-0.15, -0.1) is 11.3 Å². The maximum absolute atomic E-state index is 12.5. The molecule has 3 atom stereocenters. The summed E-state index contributed by atoms with van der Waals surface area (Å²) < 4.78 is 0. The molecule has 2 heterocycles. The van der Waals surface area contributed by atoms with Crippen molar-refractivity contribution in [2.24, 2.45) is 0 Å². The molecule has 3 N–H and O–H groups in total. The Bertz CT molecular complexity index is 805. The van der Waals surface area contributed by atoms with E-state index >= 15 is 0 Å². The number of carbonyl (C=O) groups is 2. The molecule has 1 fully saturated rings. The first kappa shape index (κ1) is 18.3. The Labute approximate surface area is 155 Å². The van der Waals surface area contributed by atoms with Crippen molar-refractivity contribution in [3.8, 4) is 10.4 Å². The van der Waals surface area contributed by atoms with E-state index in [1.165, 1.54) is 0 Å². The van der Waals surface area contributed by atoms with Gasteiger partial charge in [0, 0.05) is 6.42 Å². The van der Waals surface area contributed by atoms with Crippen molar-refractivity contribution >= 4 is 23.3 Å². The van der Waals surface area contributed by atoms with Crippen LogP contribution in [0.1, 0.15) is 30.6 Å². The molecule has 1 aliphatic heterocycles. The topological polar surface area (TPSA) is 103 Å². The summed E-state index contributed by atoms with van der Waals surface area (Å²) in [7, 11) is 0. The van der Waals surface area contributed by atoms with Crippen LogP contribution in [0.4, 0.5) is 4.79 Å². The molecule has 26 heavy (non-hydrogen) atoms. The number of aromatic nitrogens is 1. The van der Waals surface area contributed by atoms with Crippen LogP contribution < -0.4 is 5.32 Å². The molecule has 0 bridgehead atoms. The van der Waals surface area contributed by atoms with Crippen LogP contribution in [-0.4, -0.2) is 50.8 Å². The van der Waals surface area contributed by atoms with E-state index in [1.807, 2.05) is 43.6 Å². The summed E-state index contributed by atoms with van der Waals surface area (Å²) in [5.74, 6) is -0.390. The maximum Gasteiger partial charge on any atom is 0.408 e. The number of carboxylic acid groups (broad SMARTS) is 1. The summed E-state index contributed by atoms with van der Waals surface area (Å²) in [6.45, 7) is 3.78. The van der Waals surface area contributed by atoms with E-state index in [9.17, 15) is 19.8 Å². The predicted molar refractivity (Wildman–Crippen MR) is 98.0 cm³/mol. The zero-order valence-corrected chi connectivity index (χ0v) is 15.4. The number of nitrogens with one attached hydrogen (secondary N) is 1. The lowest BCUT2D eigenvalue weighted by Crippen LogP contribution is -2.46. The summed E-state index contributed by atoms with van der Waals surface area (Å²) in [5, 5.41) is 21.7. The highest BCUT2D eigenvalue weighted by Gasteiger charge is 2.39. The number of benzene rings is 1. The molecule has 0 saturated carbocycles. The molecule has 7 nitrogen and oxygen atoms in total. The van der Waals surface area contributed by atoms with Crippen molar-refractivity contribution in [3.63, 3.8) is 0 Å². The van der Waals surface area contributed by atoms with Gasteiger partial charge in [-0.25, -0.2) is 9.78 Å². The molecular formula is C18H21N3O4S. The van der Waals surface area contributed by atoms with Crippen LogP contribution in [0.15, 0.2) is 29.8 Å². The molecule has 1 aromatic carbocycles. The molecule has 2 unspecified atom stereocenters. The summed E-state index contributed by atoms with van der Waals surface area (Å²) in [6.07, 6.45) is -1.88. The first-order chi connectivity index (χ1) is 12.4. The fraction of sp³-hybridized carbons (Fsp3) is 0.389. The van der Waals surface area contributed by atoms with E-state index in [4.69, 9.17) is 0 Å². The molecule has 2 aromatic rings. The molecule has 0 aliphatic carbocycles. The van der Waals surface area contributed by atoms with Gasteiger partial charge in [0.05, 0.1) is 34.8 Å². The van der Waals surface area contributed by atoms with Gasteiger partial charge in [0.2, 0.25) is 5.91 Å². The van der Waals surface area contributed by atoms with Crippen LogP contribution in [-0.2, 0) is 4.79 Å². The lowest BCUT2D eigenvalue weighted by atomic mass is 10.0. The number of rotatable bonds is 4. The van der Waals surface area contributed by atoms with Crippen LogP contribution >= 0.6 is 11.3 Å². The summed E-state index contributed by atoms with van der Waals surface area (Å²) in [6, 6.07) is 6.73. The van der Waals surface area contributed by atoms with Crippen LogP contribution in [0.5, 0.6) is 0 Å². The van der Waals surface area contributed by atoms with E-state index in [0.717, 1.165) is 26.6 Å². The normalized spacial score (nSPS) is 20.8. The average Bonchev–Trinajstić information content (AvgIpc) is 3.20. The molecule has 0 radical (unpaired) electrons. The first-order valence-electron chi connectivity index (χ1n) is 8.35. The van der Waals surface area contributed by atoms with Crippen LogP contribution in [0.25, 0.3) is 10.4 Å². The number of thiazole rings is 1. The quantitative estimate of drug-likeness (QED) is 0.761. The molecule has 1 aromatic heterocycles. The SMILES string of the molecule is Cc1ncsc1-c1ccc([C@H](C)NC(=O)C2CC(O)CN2C(=O)O)cc1. The number of hydrogen-bond donors (Lipinski definition) is 3. The third-order valence-electron chi connectivity index (χ3n) is 4.60. The molecular weight excluding hydrogens is 354 g/mol. The highest BCUT2D eigenvalue weighted by atomic mass is 32.1. The van der Waals surface area contributed by atoms with Crippen molar-refractivity contribution in [2.75, 3.05) is 6.54 Å². The lowest BCUT2D eigenvalue weighted by Gasteiger charge is -2.23. The second-order valence-corrected chi connectivity index (χ2v) is 7.31. The van der Waals surface area contributed by atoms with Gasteiger partial charge in [0.25, 0.3) is 0 Å². The Morgan fingerprint density at radius 2 is 2.04 bits per heavy atom. The minimum atomic E-state index is -1.20. The second-order valence-electron chi connectivity index (χ2n) is 6.46. The summed E-state index contributed by atoms with van der Waals surface area (Å²) in [4.78, 5) is 30.0. The van der Waals surface area contributed by atoms with Crippen molar-refractivity contribution in [3.05, 3.63) is 41.0 Å². The van der Waals surface area contributed by atoms with Crippen LogP contribution in [0, 0.1) is 6.92 Å². The van der Waals surface area contributed by atoms with Gasteiger partial charge >= 0.3 is 6.09 Å². The van der Waals surface area contributed by atoms with Gasteiger partial charge in [-0.2, -0.15) is 0 Å². The molecule has 1 saturated heterocycles. The van der Waals surface area contributed by atoms with Gasteiger partial charge in [-0.3, -0.25) is 9.69 Å². The molecule has 2 amide bonds. The molecule has 1 aliphatic rings. The number of likely N-dealkylation sites (tertiary alicyclic amines) is 1. The fourth-order valence-electron chi connectivity index (χ4n) is 3.17. The Hall–Kier alpha value is -2.45. The van der Waals surface area contributed by atoms with Gasteiger partial charge in [0.15, 0.2) is 0 Å². The predicted octanol–water partition coefficient (Wildman–Crippen LogP) is 2.41. The van der Waals surface area contributed by atoms with Crippen molar-refractivity contribution in [1.82, 2.24) is 15.2 Å². The number of nitrogens with zero attached hydrogens (tertiary/aromatic N) is 2. The fourth-order valence-corrected chi connectivity index (χ4v) is 3.98. The number of β-amino-alcohol motifs (C(OH)–C–C–N with tert-alkyl or cyclic N) is 1. The minimum absolute atomic E-state index is 0.0370. The number of carbonyl (C=O) groups excluding carboxylic acids is 1. The Balaban J connectivity index is 1.68. The minimum Gasteiger partial charge on any atom is -0.465 e. The Kier molecular flexibility index (Phi) is 5.24. The highest BCUT2D eigenvalue weighted by molar-refractivity contribution is 7.13. The standard InChI is InChI=1S/C18H21N3O4S/c1-10(20-17(23)15-7-14(22)8-21(15)18(24)25)12-3-5-13(6-4-12)16-11(2)19-9-26-16/h3-6,9-10,14-15,22H,7-8H2,1-2H3,(H,20,23)(H,24,25)/t10-,14?,15?/m0/s1. The zero-order chi connectivity index (χ0) is 18.8. The number of aryl methyl sites for hydroxylation is 1. The molecule has 138 valence electrons. The third-order valence-corrected chi connectivity index (χ3v) is 5.58. The van der Waals surface area contributed by atoms with Gasteiger partial charge in [0.1, 0.15) is 6.04 Å².